The van der Waals surface area contributed by atoms with Crippen molar-refractivity contribution in [2.24, 2.45) is 0 Å². The van der Waals surface area contributed by atoms with E-state index in [1.165, 1.54) is 18.2 Å². The molecule has 0 fully saturated rings. The quantitative estimate of drug-likeness (QED) is 0.836. The molecule has 2 amide bonds. The number of anilines is 2. The molecule has 0 aromatic heterocycles. The maximum atomic E-state index is 12.6. The topological polar surface area (TPSA) is 58.2 Å². The number of carbonyl (C=O) groups is 2. The van der Waals surface area contributed by atoms with Crippen LogP contribution in [0.4, 0.5) is 29.3 Å². The fraction of sp³-hybridized carbons (Fsp3) is 0.0667. The molecule has 2 N–H and O–H groups in total. The largest absolute Gasteiger partial charge is 0.416 e. The van der Waals surface area contributed by atoms with Crippen LogP contribution in [0.25, 0.3) is 0 Å². The van der Waals surface area contributed by atoms with Gasteiger partial charge in [0, 0.05) is 16.9 Å². The molecule has 2 rings (SSSR count). The number of hydrogen-bond donors (Lipinski definition) is 2. The molecular formula is C15H11F3N2O2. The molecule has 114 valence electrons. The summed E-state index contributed by atoms with van der Waals surface area (Å²) in [4.78, 5) is 22.4. The first-order valence-electron chi connectivity index (χ1n) is 6.19. The predicted octanol–water partition coefficient (Wildman–Crippen LogP) is 4.16. The highest BCUT2D eigenvalue weighted by molar-refractivity contribution is 6.00. The second-order valence-electron chi connectivity index (χ2n) is 4.40. The molecule has 0 radical (unpaired) electrons. The van der Waals surface area contributed by atoms with Crippen LogP contribution in [0.15, 0.2) is 48.5 Å². The Morgan fingerprint density at radius 3 is 2.14 bits per heavy atom. The van der Waals surface area contributed by atoms with Crippen LogP contribution in [-0.2, 0) is 6.18 Å². The number of urea groups is 1. The van der Waals surface area contributed by atoms with Gasteiger partial charge in [-0.15, -0.1) is 0 Å². The van der Waals surface area contributed by atoms with Gasteiger partial charge in [-0.3, -0.25) is 4.79 Å². The van der Waals surface area contributed by atoms with E-state index >= 15 is 0 Å². The van der Waals surface area contributed by atoms with E-state index in [1.54, 1.807) is 18.2 Å². The first kappa shape index (κ1) is 15.6. The second-order valence-corrected chi connectivity index (χ2v) is 4.40. The molecule has 2 aromatic rings. The summed E-state index contributed by atoms with van der Waals surface area (Å²) in [6, 6.07) is 9.71. The van der Waals surface area contributed by atoms with Crippen molar-refractivity contribution in [1.29, 1.82) is 0 Å². The van der Waals surface area contributed by atoms with Crippen molar-refractivity contribution >= 4 is 23.7 Å². The summed E-state index contributed by atoms with van der Waals surface area (Å²) in [6.45, 7) is 0. The number of rotatable bonds is 3. The Hall–Kier alpha value is -2.83. The fourth-order valence-corrected chi connectivity index (χ4v) is 1.76. The Morgan fingerprint density at radius 2 is 1.55 bits per heavy atom. The van der Waals surface area contributed by atoms with E-state index in [2.05, 4.69) is 10.6 Å². The summed E-state index contributed by atoms with van der Waals surface area (Å²) in [5.74, 6) is 0. The van der Waals surface area contributed by atoms with Gasteiger partial charge in [-0.1, -0.05) is 18.2 Å². The zero-order valence-electron chi connectivity index (χ0n) is 11.1. The Balaban J connectivity index is 2.07. The molecule has 0 heterocycles. The van der Waals surface area contributed by atoms with E-state index in [0.29, 0.717) is 17.5 Å². The van der Waals surface area contributed by atoms with Crippen LogP contribution in [0.3, 0.4) is 0 Å². The van der Waals surface area contributed by atoms with Gasteiger partial charge in [-0.25, -0.2) is 4.79 Å². The average molecular weight is 308 g/mol. The van der Waals surface area contributed by atoms with Crippen LogP contribution < -0.4 is 10.6 Å². The zero-order chi connectivity index (χ0) is 16.2. The fourth-order valence-electron chi connectivity index (χ4n) is 1.76. The van der Waals surface area contributed by atoms with Crippen LogP contribution in [0, 0.1) is 0 Å². The highest BCUT2D eigenvalue weighted by Gasteiger charge is 2.30. The van der Waals surface area contributed by atoms with Crippen LogP contribution in [0.5, 0.6) is 0 Å². The lowest BCUT2D eigenvalue weighted by molar-refractivity contribution is -0.137. The van der Waals surface area contributed by atoms with Crippen molar-refractivity contribution in [3.05, 3.63) is 59.7 Å². The lowest BCUT2D eigenvalue weighted by Gasteiger charge is -2.11. The van der Waals surface area contributed by atoms with E-state index in [1.807, 2.05) is 0 Å². The first-order valence-corrected chi connectivity index (χ1v) is 6.19. The molecule has 0 atom stereocenters. The second kappa shape index (κ2) is 6.30. The van der Waals surface area contributed by atoms with E-state index in [9.17, 15) is 22.8 Å². The van der Waals surface area contributed by atoms with E-state index < -0.39 is 17.8 Å². The lowest BCUT2D eigenvalue weighted by atomic mass is 10.2. The molecule has 2 aromatic carbocycles. The highest BCUT2D eigenvalue weighted by atomic mass is 19.4. The zero-order valence-corrected chi connectivity index (χ0v) is 11.1. The summed E-state index contributed by atoms with van der Waals surface area (Å²) in [6.07, 6.45) is -3.86. The summed E-state index contributed by atoms with van der Waals surface area (Å²) in [5, 5.41) is 4.74. The maximum absolute atomic E-state index is 12.6. The van der Waals surface area contributed by atoms with Crippen molar-refractivity contribution in [2.75, 3.05) is 10.6 Å². The number of halogens is 3. The van der Waals surface area contributed by atoms with Gasteiger partial charge >= 0.3 is 12.2 Å². The molecule has 0 saturated heterocycles. The molecule has 0 bridgehead atoms. The van der Waals surface area contributed by atoms with Crippen molar-refractivity contribution in [1.82, 2.24) is 0 Å². The van der Waals surface area contributed by atoms with Gasteiger partial charge in [0.05, 0.1) is 5.56 Å². The van der Waals surface area contributed by atoms with Gasteiger partial charge in [0.2, 0.25) is 0 Å². The number of alkyl halides is 3. The van der Waals surface area contributed by atoms with Gasteiger partial charge in [-0.05, 0) is 30.3 Å². The normalized spacial score (nSPS) is 10.9. The van der Waals surface area contributed by atoms with Gasteiger partial charge in [-0.2, -0.15) is 13.2 Å². The number of amides is 2. The third kappa shape index (κ3) is 4.08. The summed E-state index contributed by atoms with van der Waals surface area (Å²) in [7, 11) is 0. The minimum Gasteiger partial charge on any atom is -0.308 e. The Kier molecular flexibility index (Phi) is 4.45. The molecule has 0 saturated carbocycles. The molecule has 0 aliphatic rings. The van der Waals surface area contributed by atoms with Crippen molar-refractivity contribution in [3.8, 4) is 0 Å². The maximum Gasteiger partial charge on any atom is 0.416 e. The number of benzene rings is 2. The van der Waals surface area contributed by atoms with Crippen LogP contribution in [-0.4, -0.2) is 12.3 Å². The molecule has 0 spiro atoms. The van der Waals surface area contributed by atoms with Gasteiger partial charge in [0.15, 0.2) is 0 Å². The van der Waals surface area contributed by atoms with Gasteiger partial charge in [0.25, 0.3) is 0 Å². The molecular weight excluding hydrogens is 297 g/mol. The molecule has 4 nitrogen and oxygen atoms in total. The average Bonchev–Trinajstić information content (AvgIpc) is 2.46. The van der Waals surface area contributed by atoms with E-state index in [-0.39, 0.29) is 5.69 Å². The number of nitrogens with one attached hydrogen (secondary N) is 2. The molecule has 0 aliphatic heterocycles. The van der Waals surface area contributed by atoms with Crippen LogP contribution in [0.1, 0.15) is 15.9 Å². The monoisotopic (exact) mass is 308 g/mol. The minimum atomic E-state index is -4.48. The van der Waals surface area contributed by atoms with Crippen LogP contribution in [0.2, 0.25) is 0 Å². The van der Waals surface area contributed by atoms with Gasteiger partial charge < -0.3 is 10.6 Å². The third-order valence-corrected chi connectivity index (χ3v) is 2.73. The Morgan fingerprint density at radius 1 is 0.955 bits per heavy atom. The SMILES string of the molecule is O=Cc1cccc(NC(=O)Nc2cccc(C(F)(F)F)c2)c1. The Bertz CT molecular complexity index is 699. The highest BCUT2D eigenvalue weighted by Crippen LogP contribution is 2.30. The first-order chi connectivity index (χ1) is 10.4. The summed E-state index contributed by atoms with van der Waals surface area (Å²) < 4.78 is 37.7. The predicted molar refractivity (Wildman–Crippen MR) is 75.9 cm³/mol. The standard InChI is InChI=1S/C15H11F3N2O2/c16-15(17,18)11-4-2-6-13(8-11)20-14(22)19-12-5-1-3-10(7-12)9-21/h1-9H,(H2,19,20,22). The van der Waals surface area contributed by atoms with Crippen molar-refractivity contribution in [2.45, 2.75) is 6.18 Å². The number of aldehydes is 1. The van der Waals surface area contributed by atoms with E-state index in [4.69, 9.17) is 0 Å². The minimum absolute atomic E-state index is 0.0128. The number of carbonyl (C=O) groups excluding carboxylic acids is 2. The molecule has 0 unspecified atom stereocenters. The lowest BCUT2D eigenvalue weighted by Crippen LogP contribution is -2.19. The summed E-state index contributed by atoms with van der Waals surface area (Å²) in [5.41, 5.74) is -0.113. The smallest absolute Gasteiger partial charge is 0.308 e. The molecule has 22 heavy (non-hydrogen) atoms. The molecule has 7 heteroatoms. The third-order valence-electron chi connectivity index (χ3n) is 2.73. The molecule has 0 aliphatic carbocycles. The summed E-state index contributed by atoms with van der Waals surface area (Å²) >= 11 is 0. The van der Waals surface area contributed by atoms with Gasteiger partial charge in [0.1, 0.15) is 6.29 Å². The van der Waals surface area contributed by atoms with Crippen LogP contribution >= 0.6 is 0 Å². The van der Waals surface area contributed by atoms with Crippen molar-refractivity contribution < 1.29 is 22.8 Å². The number of hydrogen-bond acceptors (Lipinski definition) is 2. The van der Waals surface area contributed by atoms with E-state index in [0.717, 1.165) is 12.1 Å². The Labute approximate surface area is 124 Å². The van der Waals surface area contributed by atoms with Crippen molar-refractivity contribution in [3.63, 3.8) is 0 Å².